The third kappa shape index (κ3) is 5.60. The molecular weight excluding hydrogens is 408 g/mol. The molecule has 0 saturated heterocycles. The summed E-state index contributed by atoms with van der Waals surface area (Å²) < 4.78 is 12.9. The van der Waals surface area contributed by atoms with Crippen LogP contribution in [0.4, 0.5) is 11.6 Å². The summed E-state index contributed by atoms with van der Waals surface area (Å²) in [6.45, 7) is 4.50. The van der Waals surface area contributed by atoms with E-state index in [2.05, 4.69) is 26.2 Å². The van der Waals surface area contributed by atoms with Gasteiger partial charge in [0, 0.05) is 30.4 Å². The van der Waals surface area contributed by atoms with Gasteiger partial charge >= 0.3 is 0 Å². The lowest BCUT2D eigenvalue weighted by Gasteiger charge is -2.15. The molecule has 1 aromatic heterocycles. The lowest BCUT2D eigenvalue weighted by atomic mass is 10.2. The van der Waals surface area contributed by atoms with Crippen molar-refractivity contribution in [2.75, 3.05) is 23.8 Å². The molecule has 0 aliphatic heterocycles. The fourth-order valence-electron chi connectivity index (χ4n) is 2.62. The molecule has 0 radical (unpaired) electrons. The molecule has 30 heavy (non-hydrogen) atoms. The van der Waals surface area contributed by atoms with Crippen LogP contribution in [-0.2, 0) is 18.4 Å². The number of hydrogen-bond donors (Lipinski definition) is 2. The summed E-state index contributed by atoms with van der Waals surface area (Å²) in [4.78, 5) is 12.2. The van der Waals surface area contributed by atoms with Crippen LogP contribution in [0, 0.1) is 6.92 Å². The molecule has 0 atom stereocenters. The molecule has 0 aliphatic rings. The zero-order chi connectivity index (χ0) is 21.5. The number of amides is 1. The number of ether oxygens (including phenoxy) is 2. The van der Waals surface area contributed by atoms with Gasteiger partial charge in [0.25, 0.3) is 5.91 Å². The molecule has 1 amide bonds. The smallest absolute Gasteiger partial charge is 0.262 e. The van der Waals surface area contributed by atoms with Gasteiger partial charge in [0.2, 0.25) is 5.95 Å². The summed E-state index contributed by atoms with van der Waals surface area (Å²) in [5.41, 5.74) is 2.60. The minimum Gasteiger partial charge on any atom is -0.490 e. The number of carbonyl (C=O) groups is 1. The van der Waals surface area contributed by atoms with Crippen molar-refractivity contribution >= 4 is 29.1 Å². The lowest BCUT2D eigenvalue weighted by molar-refractivity contribution is -0.118. The monoisotopic (exact) mass is 430 g/mol. The molecule has 0 bridgehead atoms. The molecule has 0 spiro atoms. The summed E-state index contributed by atoms with van der Waals surface area (Å²) >= 11 is 6.41. The van der Waals surface area contributed by atoms with Gasteiger partial charge in [0.15, 0.2) is 18.1 Å². The average Bonchev–Trinajstić information content (AvgIpc) is 3.13. The zero-order valence-electron chi connectivity index (χ0n) is 17.0. The molecule has 10 heteroatoms. The van der Waals surface area contributed by atoms with Gasteiger partial charge in [0.05, 0.1) is 6.61 Å². The van der Waals surface area contributed by atoms with Gasteiger partial charge in [-0.05, 0) is 48.0 Å². The van der Waals surface area contributed by atoms with Crippen LogP contribution in [0.1, 0.15) is 18.1 Å². The first-order valence-electron chi connectivity index (χ1n) is 9.37. The van der Waals surface area contributed by atoms with Crippen molar-refractivity contribution in [2.24, 2.45) is 7.05 Å². The Kier molecular flexibility index (Phi) is 7.08. The van der Waals surface area contributed by atoms with Crippen LogP contribution >= 0.6 is 11.6 Å². The zero-order valence-corrected chi connectivity index (χ0v) is 17.7. The molecule has 1 heterocycles. The van der Waals surface area contributed by atoms with Gasteiger partial charge in [-0.15, -0.1) is 0 Å². The van der Waals surface area contributed by atoms with Crippen LogP contribution in [0.2, 0.25) is 5.02 Å². The third-order valence-electron chi connectivity index (χ3n) is 4.16. The van der Waals surface area contributed by atoms with E-state index in [-0.39, 0.29) is 12.5 Å². The molecule has 2 aromatic carbocycles. The van der Waals surface area contributed by atoms with E-state index in [0.29, 0.717) is 41.3 Å². The number of rotatable bonds is 9. The number of halogens is 1. The number of hydrogen-bond acceptors (Lipinski definition) is 7. The largest absolute Gasteiger partial charge is 0.490 e. The number of nitrogens with one attached hydrogen (secondary N) is 2. The number of benzene rings is 2. The minimum absolute atomic E-state index is 0.174. The van der Waals surface area contributed by atoms with E-state index in [4.69, 9.17) is 21.1 Å². The molecule has 0 aliphatic carbocycles. The Labute approximate surface area is 179 Å². The Morgan fingerprint density at radius 2 is 1.90 bits per heavy atom. The molecule has 158 valence electrons. The molecule has 0 unspecified atom stereocenters. The maximum atomic E-state index is 12.2. The van der Waals surface area contributed by atoms with Crippen molar-refractivity contribution in [3.05, 3.63) is 52.5 Å². The summed E-state index contributed by atoms with van der Waals surface area (Å²) in [5, 5.41) is 17.6. The van der Waals surface area contributed by atoms with Gasteiger partial charge < -0.3 is 20.1 Å². The third-order valence-corrected chi connectivity index (χ3v) is 4.52. The van der Waals surface area contributed by atoms with E-state index in [1.807, 2.05) is 38.1 Å². The maximum Gasteiger partial charge on any atom is 0.262 e. The normalized spacial score (nSPS) is 10.5. The Balaban J connectivity index is 1.66. The van der Waals surface area contributed by atoms with Crippen molar-refractivity contribution in [2.45, 2.75) is 20.4 Å². The second kappa shape index (κ2) is 9.93. The fraction of sp³-hybridized carbons (Fsp3) is 0.300. The summed E-state index contributed by atoms with van der Waals surface area (Å²) in [7, 11) is 1.73. The quantitative estimate of drug-likeness (QED) is 0.537. The average molecular weight is 431 g/mol. The standard InChI is InChI=1S/C20H23ClN6O3/c1-4-29-17-9-14(11-22-20-24-25-26-27(20)3)16(21)10-18(17)30-12-19(28)23-15-7-5-13(2)6-8-15/h5-10H,4,11-12H2,1-3H3,(H,23,28)(H,22,24,26). The topological polar surface area (TPSA) is 103 Å². The minimum atomic E-state index is -0.280. The van der Waals surface area contributed by atoms with Crippen LogP contribution < -0.4 is 20.1 Å². The number of nitrogens with zero attached hydrogens (tertiary/aromatic N) is 4. The van der Waals surface area contributed by atoms with Crippen LogP contribution in [-0.4, -0.2) is 39.3 Å². The van der Waals surface area contributed by atoms with E-state index in [0.717, 1.165) is 11.1 Å². The highest BCUT2D eigenvalue weighted by Gasteiger charge is 2.14. The first-order chi connectivity index (χ1) is 14.5. The number of aryl methyl sites for hydroxylation is 2. The highest BCUT2D eigenvalue weighted by atomic mass is 35.5. The second-order valence-corrected chi connectivity index (χ2v) is 6.91. The Hall–Kier alpha value is -3.33. The SMILES string of the molecule is CCOc1cc(CNc2nnnn2C)c(Cl)cc1OCC(=O)Nc1ccc(C)cc1. The van der Waals surface area contributed by atoms with E-state index < -0.39 is 0 Å². The fourth-order valence-corrected chi connectivity index (χ4v) is 2.85. The Bertz CT molecular complexity index is 1010. The van der Waals surface area contributed by atoms with E-state index >= 15 is 0 Å². The summed E-state index contributed by atoms with van der Waals surface area (Å²) in [6.07, 6.45) is 0. The van der Waals surface area contributed by atoms with Crippen molar-refractivity contribution in [3.63, 3.8) is 0 Å². The first-order valence-corrected chi connectivity index (χ1v) is 9.74. The molecule has 9 nitrogen and oxygen atoms in total. The van der Waals surface area contributed by atoms with E-state index in [1.165, 1.54) is 4.68 Å². The van der Waals surface area contributed by atoms with Crippen molar-refractivity contribution in [3.8, 4) is 11.5 Å². The molecule has 0 saturated carbocycles. The number of aromatic nitrogens is 4. The molecule has 2 N–H and O–H groups in total. The van der Waals surface area contributed by atoms with E-state index in [9.17, 15) is 4.79 Å². The van der Waals surface area contributed by atoms with Gasteiger partial charge in [0.1, 0.15) is 0 Å². The van der Waals surface area contributed by atoms with Crippen LogP contribution in [0.25, 0.3) is 0 Å². The van der Waals surface area contributed by atoms with Crippen molar-refractivity contribution < 1.29 is 14.3 Å². The highest BCUT2D eigenvalue weighted by Crippen LogP contribution is 2.34. The van der Waals surface area contributed by atoms with Crippen LogP contribution in [0.3, 0.4) is 0 Å². The predicted octanol–water partition coefficient (Wildman–Crippen LogP) is 3.20. The number of anilines is 2. The highest BCUT2D eigenvalue weighted by molar-refractivity contribution is 6.31. The summed E-state index contributed by atoms with van der Waals surface area (Å²) in [5.74, 6) is 1.12. The van der Waals surface area contributed by atoms with Gasteiger partial charge in [-0.25, -0.2) is 4.68 Å². The van der Waals surface area contributed by atoms with Crippen LogP contribution in [0.15, 0.2) is 36.4 Å². The van der Waals surface area contributed by atoms with Crippen molar-refractivity contribution in [1.82, 2.24) is 20.2 Å². The maximum absolute atomic E-state index is 12.2. The summed E-state index contributed by atoms with van der Waals surface area (Å²) in [6, 6.07) is 10.9. The molecule has 0 fully saturated rings. The van der Waals surface area contributed by atoms with E-state index in [1.54, 1.807) is 19.2 Å². The van der Waals surface area contributed by atoms with Crippen molar-refractivity contribution in [1.29, 1.82) is 0 Å². The van der Waals surface area contributed by atoms with Gasteiger partial charge in [-0.3, -0.25) is 4.79 Å². The number of carbonyl (C=O) groups excluding carboxylic acids is 1. The first kappa shape index (κ1) is 21.4. The molecule has 3 aromatic rings. The second-order valence-electron chi connectivity index (χ2n) is 6.51. The number of tetrazole rings is 1. The molecular formula is C20H23ClN6O3. The van der Waals surface area contributed by atoms with Gasteiger partial charge in [-0.2, -0.15) is 0 Å². The lowest BCUT2D eigenvalue weighted by Crippen LogP contribution is -2.20. The predicted molar refractivity (Wildman–Crippen MR) is 114 cm³/mol. The van der Waals surface area contributed by atoms with Crippen LogP contribution in [0.5, 0.6) is 11.5 Å². The Morgan fingerprint density at radius 3 is 2.57 bits per heavy atom. The van der Waals surface area contributed by atoms with Gasteiger partial charge in [-0.1, -0.05) is 34.4 Å². The molecule has 3 rings (SSSR count). The Morgan fingerprint density at radius 1 is 1.17 bits per heavy atom.